The molecule has 2 aliphatic rings. The fourth-order valence-electron chi connectivity index (χ4n) is 3.90. The summed E-state index contributed by atoms with van der Waals surface area (Å²) in [4.78, 5) is 22.9. The van der Waals surface area contributed by atoms with Crippen LogP contribution in [0.3, 0.4) is 0 Å². The third-order valence-electron chi connectivity index (χ3n) is 5.32. The summed E-state index contributed by atoms with van der Waals surface area (Å²) in [5.74, 6) is 1.65. The SMILES string of the molecule is C[C@H](Nc1nccc(N2C(=O)OC[C@@H]2[C@H](C)OC(C)(C)C)n1)C1CCNCC1. The zero-order chi connectivity index (χ0) is 20.3. The second-order valence-corrected chi connectivity index (χ2v) is 8.71. The molecule has 3 atom stereocenters. The van der Waals surface area contributed by atoms with E-state index in [0.717, 1.165) is 25.9 Å². The van der Waals surface area contributed by atoms with Crippen molar-refractivity contribution in [1.29, 1.82) is 0 Å². The molecule has 0 saturated carbocycles. The molecule has 2 saturated heterocycles. The first-order chi connectivity index (χ1) is 13.2. The molecule has 2 fully saturated rings. The van der Waals surface area contributed by atoms with Crippen LogP contribution in [0.2, 0.25) is 0 Å². The largest absolute Gasteiger partial charge is 0.447 e. The summed E-state index contributed by atoms with van der Waals surface area (Å²) in [6, 6.07) is 1.78. The molecule has 2 N–H and O–H groups in total. The summed E-state index contributed by atoms with van der Waals surface area (Å²) in [6.07, 6.45) is 3.36. The van der Waals surface area contributed by atoms with Gasteiger partial charge in [-0.3, -0.25) is 4.90 Å². The molecule has 0 unspecified atom stereocenters. The van der Waals surface area contributed by atoms with Gasteiger partial charge in [0, 0.05) is 12.2 Å². The van der Waals surface area contributed by atoms with Crippen LogP contribution in [0.4, 0.5) is 16.6 Å². The van der Waals surface area contributed by atoms with Gasteiger partial charge in [0.1, 0.15) is 18.5 Å². The molecule has 2 aliphatic heterocycles. The van der Waals surface area contributed by atoms with Gasteiger partial charge >= 0.3 is 6.09 Å². The van der Waals surface area contributed by atoms with Gasteiger partial charge in [-0.2, -0.15) is 4.98 Å². The fourth-order valence-corrected chi connectivity index (χ4v) is 3.90. The number of carbonyl (C=O) groups excluding carboxylic acids is 1. The van der Waals surface area contributed by atoms with Crippen LogP contribution in [0.1, 0.15) is 47.5 Å². The van der Waals surface area contributed by atoms with Crippen molar-refractivity contribution in [3.8, 4) is 0 Å². The summed E-state index contributed by atoms with van der Waals surface area (Å²) in [5, 5.41) is 6.80. The van der Waals surface area contributed by atoms with Crippen molar-refractivity contribution in [2.75, 3.05) is 29.9 Å². The van der Waals surface area contributed by atoms with Gasteiger partial charge in [-0.25, -0.2) is 9.78 Å². The van der Waals surface area contributed by atoms with E-state index < -0.39 is 6.09 Å². The predicted octanol–water partition coefficient (Wildman–Crippen LogP) is 2.81. The lowest BCUT2D eigenvalue weighted by Gasteiger charge is -2.31. The average Bonchev–Trinajstić information content (AvgIpc) is 3.03. The van der Waals surface area contributed by atoms with Gasteiger partial charge in [-0.15, -0.1) is 0 Å². The van der Waals surface area contributed by atoms with Gasteiger partial charge in [0.15, 0.2) is 0 Å². The van der Waals surface area contributed by atoms with Crippen molar-refractivity contribution in [2.45, 2.75) is 71.2 Å². The standard InChI is InChI=1S/C20H33N5O3/c1-13(15-6-9-21-10-7-15)23-18-22-11-8-17(24-18)25-16(12-27-19(25)26)14(2)28-20(3,4)5/h8,11,13-16,21H,6-7,9-10,12H2,1-5H3,(H,22,23,24)/t13-,14-,16+/m0/s1. The number of anilines is 2. The summed E-state index contributed by atoms with van der Waals surface area (Å²) < 4.78 is 11.4. The third kappa shape index (κ3) is 5.11. The number of nitrogens with one attached hydrogen (secondary N) is 2. The molecule has 1 amide bonds. The van der Waals surface area contributed by atoms with E-state index >= 15 is 0 Å². The molecular weight excluding hydrogens is 358 g/mol. The monoisotopic (exact) mass is 391 g/mol. The lowest BCUT2D eigenvalue weighted by atomic mass is 9.91. The smallest absolute Gasteiger partial charge is 0.416 e. The molecule has 1 aromatic heterocycles. The van der Waals surface area contributed by atoms with Gasteiger partial charge in [0.2, 0.25) is 5.95 Å². The van der Waals surface area contributed by atoms with Crippen molar-refractivity contribution < 1.29 is 14.3 Å². The number of hydrogen-bond acceptors (Lipinski definition) is 7. The maximum absolute atomic E-state index is 12.4. The van der Waals surface area contributed by atoms with E-state index in [1.807, 2.05) is 27.7 Å². The molecule has 0 aromatic carbocycles. The van der Waals surface area contributed by atoms with Crippen LogP contribution in [0.25, 0.3) is 0 Å². The van der Waals surface area contributed by atoms with Gasteiger partial charge in [-0.05, 0) is 72.5 Å². The highest BCUT2D eigenvalue weighted by atomic mass is 16.6. The molecule has 8 heteroatoms. The number of amides is 1. The minimum atomic E-state index is -0.398. The van der Waals surface area contributed by atoms with Gasteiger partial charge in [0.05, 0.1) is 11.7 Å². The Bertz CT molecular complexity index is 672. The Labute approximate surface area is 167 Å². The van der Waals surface area contributed by atoms with Gasteiger partial charge in [0.25, 0.3) is 0 Å². The Balaban J connectivity index is 1.72. The molecule has 3 heterocycles. The molecule has 1 aromatic rings. The van der Waals surface area contributed by atoms with E-state index in [2.05, 4.69) is 27.5 Å². The van der Waals surface area contributed by atoms with Crippen molar-refractivity contribution in [1.82, 2.24) is 15.3 Å². The molecule has 0 aliphatic carbocycles. The van der Waals surface area contributed by atoms with Gasteiger partial charge in [-0.1, -0.05) is 0 Å². The van der Waals surface area contributed by atoms with Gasteiger partial charge < -0.3 is 20.1 Å². The van der Waals surface area contributed by atoms with Crippen molar-refractivity contribution in [3.05, 3.63) is 12.3 Å². The number of hydrogen-bond donors (Lipinski definition) is 2. The Hall–Kier alpha value is -1.93. The second kappa shape index (κ2) is 8.61. The fraction of sp³-hybridized carbons (Fsp3) is 0.750. The van der Waals surface area contributed by atoms with Crippen LogP contribution < -0.4 is 15.5 Å². The quantitative estimate of drug-likeness (QED) is 0.771. The highest BCUT2D eigenvalue weighted by Crippen LogP contribution is 2.27. The topological polar surface area (TPSA) is 88.6 Å². The first kappa shape index (κ1) is 20.8. The van der Waals surface area contributed by atoms with Crippen LogP contribution in [-0.2, 0) is 9.47 Å². The number of rotatable bonds is 6. The van der Waals surface area contributed by atoms with Crippen molar-refractivity contribution in [2.24, 2.45) is 5.92 Å². The number of piperidine rings is 1. The second-order valence-electron chi connectivity index (χ2n) is 8.71. The molecule has 3 rings (SSSR count). The van der Waals surface area contributed by atoms with Crippen LogP contribution in [0.5, 0.6) is 0 Å². The number of aromatic nitrogens is 2. The van der Waals surface area contributed by atoms with E-state index in [1.165, 1.54) is 0 Å². The number of nitrogens with zero attached hydrogens (tertiary/aromatic N) is 3. The van der Waals surface area contributed by atoms with E-state index in [1.54, 1.807) is 17.2 Å². The third-order valence-corrected chi connectivity index (χ3v) is 5.32. The average molecular weight is 392 g/mol. The van der Waals surface area contributed by atoms with Crippen molar-refractivity contribution >= 4 is 17.9 Å². The minimum absolute atomic E-state index is 0.188. The molecular formula is C20H33N5O3. The Morgan fingerprint density at radius 3 is 2.71 bits per heavy atom. The number of ether oxygens (including phenoxy) is 2. The summed E-state index contributed by atoms with van der Waals surface area (Å²) in [6.45, 7) is 12.5. The Kier molecular flexibility index (Phi) is 6.40. The lowest BCUT2D eigenvalue weighted by molar-refractivity contribution is -0.0618. The zero-order valence-electron chi connectivity index (χ0n) is 17.6. The molecule has 8 nitrogen and oxygen atoms in total. The maximum Gasteiger partial charge on any atom is 0.416 e. The number of cyclic esters (lactones) is 1. The molecule has 28 heavy (non-hydrogen) atoms. The molecule has 156 valence electrons. The molecule has 0 radical (unpaired) electrons. The van der Waals surface area contributed by atoms with Crippen LogP contribution in [-0.4, -0.2) is 59.5 Å². The Morgan fingerprint density at radius 2 is 2.04 bits per heavy atom. The molecule has 0 bridgehead atoms. The van der Waals surface area contributed by atoms with E-state index in [9.17, 15) is 4.79 Å². The predicted molar refractivity (Wildman–Crippen MR) is 109 cm³/mol. The van der Waals surface area contributed by atoms with Crippen LogP contribution >= 0.6 is 0 Å². The maximum atomic E-state index is 12.4. The van der Waals surface area contributed by atoms with Crippen LogP contribution in [0, 0.1) is 5.92 Å². The number of carbonyl (C=O) groups is 1. The van der Waals surface area contributed by atoms with Crippen LogP contribution in [0.15, 0.2) is 12.3 Å². The van der Waals surface area contributed by atoms with E-state index in [-0.39, 0.29) is 30.4 Å². The van der Waals surface area contributed by atoms with Crippen molar-refractivity contribution in [3.63, 3.8) is 0 Å². The Morgan fingerprint density at radius 1 is 1.32 bits per heavy atom. The highest BCUT2D eigenvalue weighted by molar-refractivity contribution is 5.89. The highest BCUT2D eigenvalue weighted by Gasteiger charge is 2.40. The molecule has 0 spiro atoms. The summed E-state index contributed by atoms with van der Waals surface area (Å²) >= 11 is 0. The zero-order valence-corrected chi connectivity index (χ0v) is 17.6. The summed E-state index contributed by atoms with van der Waals surface area (Å²) in [7, 11) is 0. The summed E-state index contributed by atoms with van der Waals surface area (Å²) in [5.41, 5.74) is -0.306. The lowest BCUT2D eigenvalue weighted by Crippen LogP contribution is -2.45. The van der Waals surface area contributed by atoms with E-state index in [4.69, 9.17) is 9.47 Å². The first-order valence-electron chi connectivity index (χ1n) is 10.2. The minimum Gasteiger partial charge on any atom is -0.447 e. The first-order valence-corrected chi connectivity index (χ1v) is 10.2. The normalized spacial score (nSPS) is 23.4. The van der Waals surface area contributed by atoms with E-state index in [0.29, 0.717) is 17.7 Å².